The number of nitrogens with two attached hydrogens (primary N) is 1. The average Bonchev–Trinajstić information content (AvgIpc) is 2.82. The highest BCUT2D eigenvalue weighted by Crippen LogP contribution is 2.64. The Bertz CT molecular complexity index is 681. The number of hydrogen-bond donors (Lipinski definition) is 1. The molecule has 21 heavy (non-hydrogen) atoms. The van der Waals surface area contributed by atoms with E-state index in [-0.39, 0.29) is 0 Å². The number of anilines is 1. The predicted molar refractivity (Wildman–Crippen MR) is 83.2 cm³/mol. The van der Waals surface area contributed by atoms with Gasteiger partial charge in [-0.2, -0.15) is 5.10 Å². The summed E-state index contributed by atoms with van der Waals surface area (Å²) in [7, 11) is 3.62. The van der Waals surface area contributed by atoms with E-state index in [2.05, 4.69) is 12.1 Å². The second-order valence-electron chi connectivity index (χ2n) is 6.29. The van der Waals surface area contributed by atoms with Crippen LogP contribution in [-0.4, -0.2) is 16.9 Å². The van der Waals surface area contributed by atoms with Gasteiger partial charge in [0.05, 0.1) is 12.8 Å². The molecule has 2 atom stereocenters. The van der Waals surface area contributed by atoms with E-state index in [0.717, 1.165) is 34.5 Å². The molecule has 1 aromatic heterocycles. The molecular formula is C17H21N3O. The van der Waals surface area contributed by atoms with Gasteiger partial charge in [0, 0.05) is 18.5 Å². The Morgan fingerprint density at radius 1 is 1.29 bits per heavy atom. The van der Waals surface area contributed by atoms with E-state index in [0.29, 0.717) is 5.92 Å². The fraction of sp³-hybridized carbons (Fsp3) is 0.471. The summed E-state index contributed by atoms with van der Waals surface area (Å²) in [6.45, 7) is 0. The minimum Gasteiger partial charge on any atom is -0.497 e. The molecule has 0 saturated heterocycles. The van der Waals surface area contributed by atoms with Crippen molar-refractivity contribution in [1.82, 2.24) is 9.78 Å². The molecule has 2 fully saturated rings. The van der Waals surface area contributed by atoms with Gasteiger partial charge in [-0.1, -0.05) is 18.6 Å². The molecule has 4 nitrogen and oxygen atoms in total. The minimum absolute atomic E-state index is 0.614. The maximum Gasteiger partial charge on any atom is 0.129 e. The van der Waals surface area contributed by atoms with E-state index in [1.54, 1.807) is 7.11 Å². The number of nitrogens with zero attached hydrogens (tertiary/aromatic N) is 2. The number of aryl methyl sites for hydroxylation is 1. The highest BCUT2D eigenvalue weighted by atomic mass is 16.5. The third-order valence-corrected chi connectivity index (χ3v) is 5.20. The molecule has 2 unspecified atom stereocenters. The van der Waals surface area contributed by atoms with Gasteiger partial charge in [0.2, 0.25) is 0 Å². The van der Waals surface area contributed by atoms with Crippen LogP contribution in [0.1, 0.15) is 30.9 Å². The molecular weight excluding hydrogens is 262 g/mol. The fourth-order valence-corrected chi connectivity index (χ4v) is 4.09. The van der Waals surface area contributed by atoms with Crippen molar-refractivity contribution in [1.29, 1.82) is 0 Å². The van der Waals surface area contributed by atoms with E-state index in [4.69, 9.17) is 15.6 Å². The van der Waals surface area contributed by atoms with Crippen LogP contribution in [0.5, 0.6) is 5.75 Å². The normalized spacial score (nSPS) is 26.7. The zero-order chi connectivity index (χ0) is 14.6. The summed E-state index contributed by atoms with van der Waals surface area (Å²) >= 11 is 0. The molecule has 0 bridgehead atoms. The van der Waals surface area contributed by atoms with Crippen LogP contribution >= 0.6 is 0 Å². The van der Waals surface area contributed by atoms with Gasteiger partial charge < -0.3 is 10.5 Å². The lowest BCUT2D eigenvalue weighted by Gasteiger charge is -2.07. The van der Waals surface area contributed by atoms with Gasteiger partial charge in [-0.3, -0.25) is 4.68 Å². The van der Waals surface area contributed by atoms with Crippen LogP contribution in [0.25, 0.3) is 11.1 Å². The molecule has 110 valence electrons. The summed E-state index contributed by atoms with van der Waals surface area (Å²) in [6.07, 6.45) is 4.08. The zero-order valence-electron chi connectivity index (χ0n) is 12.5. The summed E-state index contributed by atoms with van der Waals surface area (Å²) in [5.74, 6) is 3.90. The summed E-state index contributed by atoms with van der Waals surface area (Å²) in [5, 5.41) is 4.74. The van der Waals surface area contributed by atoms with E-state index in [1.165, 1.54) is 25.0 Å². The van der Waals surface area contributed by atoms with E-state index >= 15 is 0 Å². The predicted octanol–water partition coefficient (Wildman–Crippen LogP) is 3.19. The average molecular weight is 283 g/mol. The lowest BCUT2D eigenvalue weighted by atomic mass is 9.99. The number of fused-ring (bicyclic) bond motifs is 1. The van der Waals surface area contributed by atoms with E-state index in [9.17, 15) is 0 Å². The SMILES string of the molecule is COc1cccc(-c2c(C3C4CCCC43)nn(C)c2N)c1. The van der Waals surface area contributed by atoms with Gasteiger partial charge in [-0.25, -0.2) is 0 Å². The second kappa shape index (κ2) is 4.52. The lowest BCUT2D eigenvalue weighted by molar-refractivity contribution is 0.415. The first kappa shape index (κ1) is 12.7. The van der Waals surface area contributed by atoms with Crippen molar-refractivity contribution in [3.05, 3.63) is 30.0 Å². The van der Waals surface area contributed by atoms with Crippen LogP contribution in [0.15, 0.2) is 24.3 Å². The van der Waals surface area contributed by atoms with Crippen molar-refractivity contribution in [2.24, 2.45) is 18.9 Å². The first-order valence-electron chi connectivity index (χ1n) is 7.67. The molecule has 2 saturated carbocycles. The summed E-state index contributed by atoms with van der Waals surface area (Å²) in [4.78, 5) is 0. The van der Waals surface area contributed by atoms with Crippen molar-refractivity contribution < 1.29 is 4.74 Å². The second-order valence-corrected chi connectivity index (χ2v) is 6.29. The fourth-order valence-electron chi connectivity index (χ4n) is 4.09. The lowest BCUT2D eigenvalue weighted by Crippen LogP contribution is -1.98. The quantitative estimate of drug-likeness (QED) is 0.941. The van der Waals surface area contributed by atoms with E-state index in [1.807, 2.05) is 23.9 Å². The highest BCUT2D eigenvalue weighted by Gasteiger charge is 2.55. The topological polar surface area (TPSA) is 53.1 Å². The molecule has 0 aliphatic heterocycles. The first-order valence-corrected chi connectivity index (χ1v) is 7.67. The standard InChI is InChI=1S/C17H21N3O/c1-20-17(18)14(10-5-3-6-11(9-10)21-2)16(19-20)15-12-7-4-8-13(12)15/h3,5-6,9,12-13,15H,4,7-8,18H2,1-2H3. The van der Waals surface area contributed by atoms with Crippen LogP contribution in [0, 0.1) is 11.8 Å². The number of rotatable bonds is 3. The molecule has 2 aromatic rings. The largest absolute Gasteiger partial charge is 0.497 e. The van der Waals surface area contributed by atoms with Gasteiger partial charge in [0.15, 0.2) is 0 Å². The Morgan fingerprint density at radius 3 is 2.76 bits per heavy atom. The number of ether oxygens (including phenoxy) is 1. The number of hydrogen-bond acceptors (Lipinski definition) is 3. The van der Waals surface area contributed by atoms with Crippen LogP contribution in [0.4, 0.5) is 5.82 Å². The van der Waals surface area contributed by atoms with Crippen molar-refractivity contribution in [2.75, 3.05) is 12.8 Å². The van der Waals surface area contributed by atoms with Crippen LogP contribution < -0.4 is 10.5 Å². The minimum atomic E-state index is 0.614. The van der Waals surface area contributed by atoms with Crippen LogP contribution in [0.2, 0.25) is 0 Å². The summed E-state index contributed by atoms with van der Waals surface area (Å²) < 4.78 is 7.16. The van der Waals surface area contributed by atoms with Crippen LogP contribution in [0.3, 0.4) is 0 Å². The Hall–Kier alpha value is -1.97. The number of aromatic nitrogens is 2. The molecule has 2 N–H and O–H groups in total. The van der Waals surface area contributed by atoms with Gasteiger partial charge in [-0.05, 0) is 42.4 Å². The highest BCUT2D eigenvalue weighted by molar-refractivity contribution is 5.78. The van der Waals surface area contributed by atoms with Crippen molar-refractivity contribution in [3.63, 3.8) is 0 Å². The third-order valence-electron chi connectivity index (χ3n) is 5.20. The van der Waals surface area contributed by atoms with Gasteiger partial charge >= 0.3 is 0 Å². The number of benzene rings is 1. The molecule has 1 heterocycles. The molecule has 4 heteroatoms. The molecule has 2 aliphatic rings. The smallest absolute Gasteiger partial charge is 0.129 e. The summed E-state index contributed by atoms with van der Waals surface area (Å²) in [5.41, 5.74) is 9.71. The van der Waals surface area contributed by atoms with Gasteiger partial charge in [0.1, 0.15) is 11.6 Å². The maximum absolute atomic E-state index is 6.30. The summed E-state index contributed by atoms with van der Waals surface area (Å²) in [6, 6.07) is 8.12. The van der Waals surface area contributed by atoms with Crippen LogP contribution in [-0.2, 0) is 7.05 Å². The number of nitrogen functional groups attached to an aromatic ring is 1. The Labute approximate surface area is 124 Å². The molecule has 1 aromatic carbocycles. The van der Waals surface area contributed by atoms with E-state index < -0.39 is 0 Å². The van der Waals surface area contributed by atoms with Crippen molar-refractivity contribution in [3.8, 4) is 16.9 Å². The molecule has 0 spiro atoms. The first-order chi connectivity index (χ1) is 10.2. The van der Waals surface area contributed by atoms with Gasteiger partial charge in [-0.15, -0.1) is 0 Å². The molecule has 4 rings (SSSR count). The Morgan fingerprint density at radius 2 is 2.05 bits per heavy atom. The number of methoxy groups -OCH3 is 1. The van der Waals surface area contributed by atoms with Crippen molar-refractivity contribution in [2.45, 2.75) is 25.2 Å². The monoisotopic (exact) mass is 283 g/mol. The maximum atomic E-state index is 6.30. The molecule has 0 radical (unpaired) electrons. The Kier molecular flexibility index (Phi) is 2.74. The van der Waals surface area contributed by atoms with Gasteiger partial charge in [0.25, 0.3) is 0 Å². The third kappa shape index (κ3) is 1.85. The Balaban J connectivity index is 1.80. The zero-order valence-corrected chi connectivity index (χ0v) is 12.5. The molecule has 0 amide bonds. The molecule has 2 aliphatic carbocycles. The van der Waals surface area contributed by atoms with Crippen molar-refractivity contribution >= 4 is 5.82 Å².